The maximum absolute atomic E-state index is 12.9. The molecule has 0 bridgehead atoms. The summed E-state index contributed by atoms with van der Waals surface area (Å²) in [5.41, 5.74) is -0.165. The number of halogens is 2. The van der Waals surface area contributed by atoms with Gasteiger partial charge in [0, 0.05) is 17.7 Å². The molecule has 1 heterocycles. The second-order valence-electron chi connectivity index (χ2n) is 6.23. The molecule has 1 unspecified atom stereocenters. The third kappa shape index (κ3) is 2.26. The van der Waals surface area contributed by atoms with Gasteiger partial charge in [0.1, 0.15) is 0 Å². The highest BCUT2D eigenvalue weighted by Crippen LogP contribution is 2.56. The van der Waals surface area contributed by atoms with Gasteiger partial charge >= 0.3 is 0 Å². The van der Waals surface area contributed by atoms with E-state index in [1.54, 1.807) is 17.1 Å². The van der Waals surface area contributed by atoms with Gasteiger partial charge in [-0.1, -0.05) is 41.4 Å². The molecule has 1 fully saturated rings. The summed E-state index contributed by atoms with van der Waals surface area (Å²) in [5.74, 6) is -0.479. The van der Waals surface area contributed by atoms with Crippen molar-refractivity contribution in [3.05, 3.63) is 36.0 Å². The number of carbonyl (C=O) groups is 2. The highest BCUT2D eigenvalue weighted by atomic mass is 35.5. The minimum atomic E-state index is -1.64. The fourth-order valence-corrected chi connectivity index (χ4v) is 4.47. The van der Waals surface area contributed by atoms with Gasteiger partial charge in [-0.15, -0.1) is 0 Å². The average molecular weight is 351 g/mol. The molecule has 2 atom stereocenters. The summed E-state index contributed by atoms with van der Waals surface area (Å²) in [6.07, 6.45) is 9.98. The molecule has 0 aromatic heterocycles. The van der Waals surface area contributed by atoms with E-state index in [4.69, 9.17) is 28.5 Å². The summed E-state index contributed by atoms with van der Waals surface area (Å²) in [5, 5.41) is 8.96. The molecule has 0 aromatic rings. The van der Waals surface area contributed by atoms with Crippen LogP contribution in [0.1, 0.15) is 26.2 Å². The molecule has 1 spiro atoms. The van der Waals surface area contributed by atoms with Crippen LogP contribution in [0.25, 0.3) is 0 Å². The van der Waals surface area contributed by atoms with E-state index in [0.717, 1.165) is 5.57 Å². The quantitative estimate of drug-likeness (QED) is 0.682. The number of nitrogens with zero attached hydrogens (tertiary/aromatic N) is 2. The summed E-state index contributed by atoms with van der Waals surface area (Å²) in [6.45, 7) is 1.90. The van der Waals surface area contributed by atoms with Gasteiger partial charge in [-0.3, -0.25) is 9.59 Å². The second-order valence-corrected chi connectivity index (χ2v) is 7.56. The van der Waals surface area contributed by atoms with Crippen LogP contribution in [0.3, 0.4) is 0 Å². The van der Waals surface area contributed by atoms with Crippen LogP contribution in [0.4, 0.5) is 0 Å². The van der Waals surface area contributed by atoms with Crippen LogP contribution in [0.5, 0.6) is 0 Å². The molecular formula is C17H16Cl2N2O2. The predicted molar refractivity (Wildman–Crippen MR) is 87.8 cm³/mol. The number of allylic oxidation sites excluding steroid dienone is 3. The van der Waals surface area contributed by atoms with E-state index < -0.39 is 9.75 Å². The van der Waals surface area contributed by atoms with Crippen LogP contribution in [0, 0.1) is 16.7 Å². The van der Waals surface area contributed by atoms with Gasteiger partial charge in [0.15, 0.2) is 5.78 Å². The SMILES string of the molecule is C[C@@H]1N(C2CC=C(C#N)CC2)C(=O)C(Cl)(Cl)C12C=CC(=O)C=C2. The predicted octanol–water partition coefficient (Wildman–Crippen LogP) is 3.07. The van der Waals surface area contributed by atoms with Crippen molar-refractivity contribution >= 4 is 34.9 Å². The Morgan fingerprint density at radius 1 is 1.30 bits per heavy atom. The number of hydrogen-bond donors (Lipinski definition) is 0. The van der Waals surface area contributed by atoms with Crippen molar-refractivity contribution in [3.63, 3.8) is 0 Å². The second kappa shape index (κ2) is 5.51. The Bertz CT molecular complexity index is 684. The van der Waals surface area contributed by atoms with Crippen LogP contribution in [-0.2, 0) is 9.59 Å². The van der Waals surface area contributed by atoms with Crippen molar-refractivity contribution in [1.29, 1.82) is 5.26 Å². The first-order chi connectivity index (χ1) is 10.8. The number of amides is 1. The smallest absolute Gasteiger partial charge is 0.260 e. The van der Waals surface area contributed by atoms with Crippen molar-refractivity contribution in [3.8, 4) is 6.07 Å². The van der Waals surface area contributed by atoms with E-state index in [1.165, 1.54) is 12.2 Å². The molecule has 23 heavy (non-hydrogen) atoms. The molecule has 3 aliphatic rings. The molecule has 0 N–H and O–H groups in total. The van der Waals surface area contributed by atoms with E-state index in [2.05, 4.69) is 6.07 Å². The standard InChI is InChI=1S/C17H16Cl2N2O2/c1-11-16(8-6-14(22)7-9-16)17(18,19)15(23)21(11)13-4-2-12(10-20)3-5-13/h2,6-9,11,13H,3-5H2,1H3/t11-,13?/m0/s1. The van der Waals surface area contributed by atoms with Crippen molar-refractivity contribution in [1.82, 2.24) is 4.90 Å². The largest absolute Gasteiger partial charge is 0.333 e. The Labute approximate surface area is 145 Å². The fourth-order valence-electron chi connectivity index (χ4n) is 3.71. The monoisotopic (exact) mass is 350 g/mol. The maximum atomic E-state index is 12.9. The lowest BCUT2D eigenvalue weighted by molar-refractivity contribution is -0.131. The lowest BCUT2D eigenvalue weighted by Gasteiger charge is -2.38. The molecule has 120 valence electrons. The number of rotatable bonds is 1. The molecule has 4 nitrogen and oxygen atoms in total. The normalized spacial score (nSPS) is 31.4. The molecule has 1 aliphatic heterocycles. The Hall–Kier alpha value is -1.57. The molecule has 3 rings (SSSR count). The third-order valence-corrected chi connectivity index (χ3v) is 6.10. The maximum Gasteiger partial charge on any atom is 0.260 e. The first kappa shape index (κ1) is 16.3. The summed E-state index contributed by atoms with van der Waals surface area (Å²) in [7, 11) is 0. The lowest BCUT2D eigenvalue weighted by atomic mass is 9.76. The van der Waals surface area contributed by atoms with Gasteiger partial charge in [-0.25, -0.2) is 0 Å². The van der Waals surface area contributed by atoms with Crippen LogP contribution < -0.4 is 0 Å². The van der Waals surface area contributed by atoms with Crippen molar-refractivity contribution in [2.24, 2.45) is 5.41 Å². The van der Waals surface area contributed by atoms with Gasteiger partial charge in [0.05, 0.1) is 11.5 Å². The molecule has 1 amide bonds. The number of alkyl halides is 2. The fraction of sp³-hybridized carbons (Fsp3) is 0.471. The topological polar surface area (TPSA) is 61.2 Å². The van der Waals surface area contributed by atoms with Crippen LogP contribution in [0.2, 0.25) is 0 Å². The highest BCUT2D eigenvalue weighted by Gasteiger charge is 2.65. The molecule has 0 saturated carbocycles. The van der Waals surface area contributed by atoms with E-state index in [0.29, 0.717) is 19.3 Å². The zero-order chi connectivity index (χ0) is 16.8. The molecule has 2 aliphatic carbocycles. The van der Waals surface area contributed by atoms with E-state index in [9.17, 15) is 9.59 Å². The first-order valence-electron chi connectivity index (χ1n) is 7.55. The molecule has 6 heteroatoms. The van der Waals surface area contributed by atoms with Crippen LogP contribution >= 0.6 is 23.2 Å². The van der Waals surface area contributed by atoms with E-state index >= 15 is 0 Å². The Morgan fingerprint density at radius 3 is 2.48 bits per heavy atom. The lowest BCUT2D eigenvalue weighted by Crippen LogP contribution is -2.44. The highest BCUT2D eigenvalue weighted by molar-refractivity contribution is 6.59. The van der Waals surface area contributed by atoms with E-state index in [-0.39, 0.29) is 23.8 Å². The average Bonchev–Trinajstić information content (AvgIpc) is 2.69. The van der Waals surface area contributed by atoms with Gasteiger partial charge in [0.25, 0.3) is 5.91 Å². The number of hydrogen-bond acceptors (Lipinski definition) is 3. The third-order valence-electron chi connectivity index (χ3n) is 5.12. The van der Waals surface area contributed by atoms with Crippen molar-refractivity contribution < 1.29 is 9.59 Å². The molecule has 0 radical (unpaired) electrons. The Morgan fingerprint density at radius 2 is 1.96 bits per heavy atom. The zero-order valence-corrected chi connectivity index (χ0v) is 14.1. The van der Waals surface area contributed by atoms with Gasteiger partial charge in [-0.05, 0) is 38.3 Å². The number of carbonyl (C=O) groups excluding carboxylic acids is 2. The summed E-state index contributed by atoms with van der Waals surface area (Å²) in [6, 6.07) is 1.85. The summed E-state index contributed by atoms with van der Waals surface area (Å²) in [4.78, 5) is 26.1. The van der Waals surface area contributed by atoms with Crippen molar-refractivity contribution in [2.45, 2.75) is 42.6 Å². The number of nitriles is 1. The van der Waals surface area contributed by atoms with Gasteiger partial charge < -0.3 is 4.90 Å². The van der Waals surface area contributed by atoms with Gasteiger partial charge in [0.2, 0.25) is 4.33 Å². The summed E-state index contributed by atoms with van der Waals surface area (Å²) >= 11 is 12.9. The number of ketones is 1. The summed E-state index contributed by atoms with van der Waals surface area (Å²) < 4.78 is -1.64. The molecule has 0 aromatic carbocycles. The minimum Gasteiger partial charge on any atom is -0.333 e. The minimum absolute atomic E-state index is 0.0368. The zero-order valence-electron chi connectivity index (χ0n) is 12.6. The Kier molecular flexibility index (Phi) is 3.90. The van der Waals surface area contributed by atoms with E-state index in [1.807, 2.05) is 13.0 Å². The first-order valence-corrected chi connectivity index (χ1v) is 8.31. The molecule has 1 saturated heterocycles. The number of likely N-dealkylation sites (tertiary alicyclic amines) is 1. The van der Waals surface area contributed by atoms with Gasteiger partial charge in [-0.2, -0.15) is 5.26 Å². The molecular weight excluding hydrogens is 335 g/mol. The van der Waals surface area contributed by atoms with Crippen molar-refractivity contribution in [2.75, 3.05) is 0 Å². The Balaban J connectivity index is 1.96. The van der Waals surface area contributed by atoms with Crippen LogP contribution in [0.15, 0.2) is 36.0 Å². The van der Waals surface area contributed by atoms with Crippen LogP contribution in [-0.4, -0.2) is 33.0 Å².